The van der Waals surface area contributed by atoms with Gasteiger partial charge in [-0.15, -0.1) is 10.2 Å². The van der Waals surface area contributed by atoms with Gasteiger partial charge in [0.05, 0.1) is 5.69 Å². The van der Waals surface area contributed by atoms with Crippen LogP contribution >= 0.6 is 0 Å². The molecule has 152 valence electrons. The molecule has 2 heterocycles. The quantitative estimate of drug-likeness (QED) is 0.693. The molecule has 8 heteroatoms. The van der Waals surface area contributed by atoms with Crippen molar-refractivity contribution in [1.29, 1.82) is 0 Å². The molecule has 0 saturated heterocycles. The smallest absolute Gasteiger partial charge is 0.300 e. The van der Waals surface area contributed by atoms with Gasteiger partial charge in [0.1, 0.15) is 11.6 Å². The van der Waals surface area contributed by atoms with Crippen LogP contribution in [0.25, 0.3) is 11.3 Å². The van der Waals surface area contributed by atoms with E-state index in [2.05, 4.69) is 15.5 Å². The Morgan fingerprint density at radius 2 is 2.07 bits per heavy atom. The van der Waals surface area contributed by atoms with Gasteiger partial charge in [0, 0.05) is 31.3 Å². The molecule has 1 saturated carbocycles. The molecule has 3 aromatic rings. The van der Waals surface area contributed by atoms with E-state index in [1.165, 1.54) is 29.5 Å². The van der Waals surface area contributed by atoms with Crippen LogP contribution in [0.15, 0.2) is 41.5 Å². The van der Waals surface area contributed by atoms with Crippen LogP contribution in [-0.2, 0) is 11.2 Å². The molecule has 2 aromatic heterocycles. The van der Waals surface area contributed by atoms with Crippen LogP contribution in [0.2, 0.25) is 0 Å². The number of benzene rings is 1. The zero-order valence-corrected chi connectivity index (χ0v) is 16.3. The molecule has 0 spiro atoms. The summed E-state index contributed by atoms with van der Waals surface area (Å²) in [4.78, 5) is 25.0. The first kappa shape index (κ1) is 19.3. The predicted molar refractivity (Wildman–Crippen MR) is 106 cm³/mol. The van der Waals surface area contributed by atoms with E-state index < -0.39 is 5.82 Å². The van der Waals surface area contributed by atoms with Crippen molar-refractivity contribution in [2.75, 3.05) is 0 Å². The van der Waals surface area contributed by atoms with Gasteiger partial charge in [-0.05, 0) is 37.0 Å². The lowest BCUT2D eigenvalue weighted by Gasteiger charge is -2.14. The molecule has 0 aliphatic heterocycles. The second kappa shape index (κ2) is 8.14. The van der Waals surface area contributed by atoms with Gasteiger partial charge in [-0.3, -0.25) is 18.6 Å². The largest absolute Gasteiger partial charge is 0.353 e. The minimum atomic E-state index is -0.416. The van der Waals surface area contributed by atoms with Gasteiger partial charge >= 0.3 is 5.56 Å². The SMILES string of the molecule is CC(CC(=O)NC1CCCC1)Cc1nnc2c(=O)n(-c3cccc(F)c3)ccn12. The average Bonchev–Trinajstić information content (AvgIpc) is 3.32. The van der Waals surface area contributed by atoms with Crippen LogP contribution in [0.5, 0.6) is 0 Å². The fraction of sp³-hybridized carbons (Fsp3) is 0.429. The third-order valence-electron chi connectivity index (χ3n) is 5.41. The summed E-state index contributed by atoms with van der Waals surface area (Å²) >= 11 is 0. The monoisotopic (exact) mass is 397 g/mol. The van der Waals surface area contributed by atoms with E-state index in [4.69, 9.17) is 0 Å². The maximum Gasteiger partial charge on any atom is 0.300 e. The van der Waals surface area contributed by atoms with Gasteiger partial charge in [-0.2, -0.15) is 0 Å². The van der Waals surface area contributed by atoms with Crippen molar-refractivity contribution in [1.82, 2.24) is 24.5 Å². The van der Waals surface area contributed by atoms with Gasteiger partial charge in [0.15, 0.2) is 0 Å². The van der Waals surface area contributed by atoms with Gasteiger partial charge < -0.3 is 5.32 Å². The standard InChI is InChI=1S/C21H24FN5O2/c1-14(12-19(28)23-16-6-2-3-7-16)11-18-24-25-20-21(29)26(9-10-27(18)20)17-8-4-5-15(22)13-17/h4-5,8-10,13-14,16H,2-3,6-7,11-12H2,1H3,(H,23,28). The Hall–Kier alpha value is -3.03. The zero-order valence-electron chi connectivity index (χ0n) is 16.3. The summed E-state index contributed by atoms with van der Waals surface area (Å²) in [5.41, 5.74) is 0.233. The Bertz CT molecular complexity index is 1080. The molecule has 4 rings (SSSR count). The first-order chi connectivity index (χ1) is 14.0. The van der Waals surface area contributed by atoms with Gasteiger partial charge in [0.2, 0.25) is 11.6 Å². The Labute approximate surface area is 167 Å². The number of aromatic nitrogens is 4. The molecule has 1 aliphatic rings. The number of nitrogens with one attached hydrogen (secondary N) is 1. The number of amides is 1. The lowest BCUT2D eigenvalue weighted by atomic mass is 10.0. The van der Waals surface area contributed by atoms with Crippen LogP contribution < -0.4 is 10.9 Å². The maximum absolute atomic E-state index is 13.5. The fourth-order valence-electron chi connectivity index (χ4n) is 3.96. The van der Waals surface area contributed by atoms with Crippen molar-refractivity contribution >= 4 is 11.6 Å². The van der Waals surface area contributed by atoms with Crippen LogP contribution in [-0.4, -0.2) is 31.1 Å². The van der Waals surface area contributed by atoms with E-state index in [-0.39, 0.29) is 23.0 Å². The third kappa shape index (κ3) is 4.21. The summed E-state index contributed by atoms with van der Waals surface area (Å²) in [5, 5.41) is 11.3. The number of nitrogens with zero attached hydrogens (tertiary/aromatic N) is 4. The minimum absolute atomic E-state index is 0.0617. The minimum Gasteiger partial charge on any atom is -0.353 e. The van der Waals surface area contributed by atoms with Crippen molar-refractivity contribution < 1.29 is 9.18 Å². The van der Waals surface area contributed by atoms with Gasteiger partial charge in [0.25, 0.3) is 0 Å². The lowest BCUT2D eigenvalue weighted by Crippen LogP contribution is -2.33. The number of carbonyl (C=O) groups excluding carboxylic acids is 1. The number of hydrogen-bond donors (Lipinski definition) is 1. The van der Waals surface area contributed by atoms with E-state index in [1.807, 2.05) is 6.92 Å². The van der Waals surface area contributed by atoms with Crippen LogP contribution in [0.3, 0.4) is 0 Å². The molecule has 1 fully saturated rings. The number of rotatable bonds is 6. The predicted octanol–water partition coefficient (Wildman–Crippen LogP) is 2.65. The normalized spacial score (nSPS) is 15.7. The first-order valence-corrected chi connectivity index (χ1v) is 10.0. The summed E-state index contributed by atoms with van der Waals surface area (Å²) in [6, 6.07) is 6.13. The third-order valence-corrected chi connectivity index (χ3v) is 5.41. The van der Waals surface area contributed by atoms with Crippen molar-refractivity contribution in [2.45, 2.75) is 51.5 Å². The van der Waals surface area contributed by atoms with Crippen molar-refractivity contribution in [3.8, 4) is 5.69 Å². The first-order valence-electron chi connectivity index (χ1n) is 10.0. The van der Waals surface area contributed by atoms with Crippen molar-refractivity contribution in [2.24, 2.45) is 5.92 Å². The van der Waals surface area contributed by atoms with E-state index in [0.29, 0.717) is 30.4 Å². The molecule has 1 amide bonds. The Morgan fingerprint density at radius 3 is 2.83 bits per heavy atom. The van der Waals surface area contributed by atoms with Crippen LogP contribution in [0, 0.1) is 11.7 Å². The highest BCUT2D eigenvalue weighted by Gasteiger charge is 2.20. The summed E-state index contributed by atoms with van der Waals surface area (Å²) in [5.74, 6) is 0.340. The summed E-state index contributed by atoms with van der Waals surface area (Å²) < 4.78 is 16.5. The second-order valence-electron chi connectivity index (χ2n) is 7.83. The molecule has 0 radical (unpaired) electrons. The average molecular weight is 397 g/mol. The molecule has 1 atom stereocenters. The van der Waals surface area contributed by atoms with Crippen molar-refractivity contribution in [3.63, 3.8) is 0 Å². The highest BCUT2D eigenvalue weighted by atomic mass is 19.1. The highest BCUT2D eigenvalue weighted by molar-refractivity contribution is 5.76. The Morgan fingerprint density at radius 1 is 1.28 bits per heavy atom. The lowest BCUT2D eigenvalue weighted by molar-refractivity contribution is -0.122. The topological polar surface area (TPSA) is 81.3 Å². The van der Waals surface area contributed by atoms with Crippen LogP contribution in [0.4, 0.5) is 4.39 Å². The van der Waals surface area contributed by atoms with E-state index in [0.717, 1.165) is 12.8 Å². The molecule has 29 heavy (non-hydrogen) atoms. The number of fused-ring (bicyclic) bond motifs is 1. The van der Waals surface area contributed by atoms with Crippen molar-refractivity contribution in [3.05, 3.63) is 58.7 Å². The molecule has 7 nitrogen and oxygen atoms in total. The maximum atomic E-state index is 13.5. The van der Waals surface area contributed by atoms with Crippen LogP contribution in [0.1, 0.15) is 44.9 Å². The van der Waals surface area contributed by atoms with Gasteiger partial charge in [-0.25, -0.2) is 4.39 Å². The van der Waals surface area contributed by atoms with E-state index >= 15 is 0 Å². The van der Waals surface area contributed by atoms with E-state index in [9.17, 15) is 14.0 Å². The second-order valence-corrected chi connectivity index (χ2v) is 7.83. The molecule has 0 bridgehead atoms. The molecular formula is C21H24FN5O2. The molecule has 1 aromatic carbocycles. The summed E-state index contributed by atoms with van der Waals surface area (Å²) in [6.07, 6.45) is 8.70. The summed E-state index contributed by atoms with van der Waals surface area (Å²) in [7, 11) is 0. The number of carbonyl (C=O) groups is 1. The number of halogens is 1. The molecular weight excluding hydrogens is 373 g/mol. The molecule has 1 aliphatic carbocycles. The number of hydrogen-bond acceptors (Lipinski definition) is 4. The summed E-state index contributed by atoms with van der Waals surface area (Å²) in [6.45, 7) is 1.99. The molecule has 1 N–H and O–H groups in total. The molecule has 1 unspecified atom stereocenters. The Balaban J connectivity index is 1.49. The Kier molecular flexibility index (Phi) is 5.42. The zero-order chi connectivity index (χ0) is 20.4. The van der Waals surface area contributed by atoms with Gasteiger partial charge in [-0.1, -0.05) is 25.8 Å². The van der Waals surface area contributed by atoms with E-state index in [1.54, 1.807) is 28.9 Å². The highest BCUT2D eigenvalue weighted by Crippen LogP contribution is 2.18. The fourth-order valence-corrected chi connectivity index (χ4v) is 3.96.